The SMILES string of the molecule is COC(=O)CC(C)NC(=O)c1nc2ccccc2[nH]1. The van der Waals surface area contributed by atoms with Crippen LogP contribution in [0.4, 0.5) is 0 Å². The molecule has 0 saturated carbocycles. The second-order valence-electron chi connectivity index (χ2n) is 4.26. The van der Waals surface area contributed by atoms with Gasteiger partial charge in [0.2, 0.25) is 0 Å². The second-order valence-corrected chi connectivity index (χ2v) is 4.26. The molecule has 0 fully saturated rings. The van der Waals surface area contributed by atoms with Gasteiger partial charge in [0, 0.05) is 6.04 Å². The molecule has 6 nitrogen and oxygen atoms in total. The summed E-state index contributed by atoms with van der Waals surface area (Å²) in [5, 5.41) is 2.69. The number of para-hydroxylation sites is 2. The van der Waals surface area contributed by atoms with E-state index in [9.17, 15) is 9.59 Å². The van der Waals surface area contributed by atoms with Gasteiger partial charge in [0.1, 0.15) is 0 Å². The summed E-state index contributed by atoms with van der Waals surface area (Å²) < 4.78 is 4.54. The van der Waals surface area contributed by atoms with Crippen LogP contribution in [0.2, 0.25) is 0 Å². The standard InChI is InChI=1S/C13H15N3O3/c1-8(7-11(17)19-2)14-13(18)12-15-9-5-3-4-6-10(9)16-12/h3-6,8H,7H2,1-2H3,(H,14,18)(H,15,16). The average Bonchev–Trinajstić information content (AvgIpc) is 2.82. The van der Waals surface area contributed by atoms with Gasteiger partial charge >= 0.3 is 5.97 Å². The molecule has 1 unspecified atom stereocenters. The summed E-state index contributed by atoms with van der Waals surface area (Å²) in [6, 6.07) is 7.07. The molecule has 0 aliphatic carbocycles. The third-order valence-corrected chi connectivity index (χ3v) is 2.68. The predicted octanol–water partition coefficient (Wildman–Crippen LogP) is 1.24. The minimum absolute atomic E-state index is 0.127. The fourth-order valence-corrected chi connectivity index (χ4v) is 1.74. The van der Waals surface area contributed by atoms with E-state index in [4.69, 9.17) is 0 Å². The number of imidazole rings is 1. The van der Waals surface area contributed by atoms with E-state index in [1.165, 1.54) is 7.11 Å². The monoisotopic (exact) mass is 261 g/mol. The number of hydrogen-bond donors (Lipinski definition) is 2. The summed E-state index contributed by atoms with van der Waals surface area (Å²) in [7, 11) is 1.32. The number of H-pyrrole nitrogens is 1. The van der Waals surface area contributed by atoms with Crippen molar-refractivity contribution in [1.29, 1.82) is 0 Å². The van der Waals surface area contributed by atoms with Gasteiger partial charge in [-0.2, -0.15) is 0 Å². The van der Waals surface area contributed by atoms with Gasteiger partial charge in [-0.25, -0.2) is 4.98 Å². The van der Waals surface area contributed by atoms with Crippen molar-refractivity contribution in [2.24, 2.45) is 0 Å². The first kappa shape index (κ1) is 13.1. The molecule has 1 atom stereocenters. The number of aromatic nitrogens is 2. The van der Waals surface area contributed by atoms with E-state index < -0.39 is 0 Å². The molecule has 1 heterocycles. The highest BCUT2D eigenvalue weighted by Gasteiger charge is 2.16. The lowest BCUT2D eigenvalue weighted by Gasteiger charge is -2.10. The van der Waals surface area contributed by atoms with E-state index in [0.29, 0.717) is 0 Å². The molecule has 2 N–H and O–H groups in total. The van der Waals surface area contributed by atoms with Gasteiger partial charge in [-0.15, -0.1) is 0 Å². The molecule has 1 amide bonds. The Morgan fingerprint density at radius 3 is 2.84 bits per heavy atom. The largest absolute Gasteiger partial charge is 0.469 e. The van der Waals surface area contributed by atoms with Gasteiger partial charge in [-0.3, -0.25) is 9.59 Å². The lowest BCUT2D eigenvalue weighted by molar-refractivity contribution is -0.141. The third kappa shape index (κ3) is 3.09. The van der Waals surface area contributed by atoms with Crippen LogP contribution in [0, 0.1) is 0 Å². The molecular formula is C13H15N3O3. The van der Waals surface area contributed by atoms with Crippen LogP contribution in [-0.2, 0) is 9.53 Å². The van der Waals surface area contributed by atoms with Crippen LogP contribution in [0.15, 0.2) is 24.3 Å². The van der Waals surface area contributed by atoms with Crippen molar-refractivity contribution in [2.45, 2.75) is 19.4 Å². The van der Waals surface area contributed by atoms with Crippen molar-refractivity contribution in [3.05, 3.63) is 30.1 Å². The fraction of sp³-hybridized carbons (Fsp3) is 0.308. The summed E-state index contributed by atoms with van der Waals surface area (Å²) in [4.78, 5) is 30.1. The molecule has 2 rings (SSSR count). The van der Waals surface area contributed by atoms with Crippen LogP contribution >= 0.6 is 0 Å². The Hall–Kier alpha value is -2.37. The Labute approximate surface area is 110 Å². The van der Waals surface area contributed by atoms with Crippen molar-refractivity contribution < 1.29 is 14.3 Å². The Kier molecular flexibility index (Phi) is 3.79. The van der Waals surface area contributed by atoms with Gasteiger partial charge in [-0.05, 0) is 19.1 Å². The van der Waals surface area contributed by atoms with Gasteiger partial charge in [0.15, 0.2) is 5.82 Å². The zero-order valence-electron chi connectivity index (χ0n) is 10.8. The number of ether oxygens (including phenoxy) is 1. The quantitative estimate of drug-likeness (QED) is 0.811. The number of hydrogen-bond acceptors (Lipinski definition) is 4. The maximum atomic E-state index is 11.9. The maximum Gasteiger partial charge on any atom is 0.307 e. The number of nitrogens with zero attached hydrogens (tertiary/aromatic N) is 1. The molecule has 1 aromatic heterocycles. The smallest absolute Gasteiger partial charge is 0.307 e. The zero-order valence-corrected chi connectivity index (χ0v) is 10.8. The molecule has 100 valence electrons. The topological polar surface area (TPSA) is 84.1 Å². The Morgan fingerprint density at radius 1 is 1.42 bits per heavy atom. The van der Waals surface area contributed by atoms with Gasteiger partial charge in [0.05, 0.1) is 24.6 Å². The molecule has 19 heavy (non-hydrogen) atoms. The first-order valence-corrected chi connectivity index (χ1v) is 5.92. The number of rotatable bonds is 4. The van der Waals surface area contributed by atoms with Crippen LogP contribution in [0.25, 0.3) is 11.0 Å². The van der Waals surface area contributed by atoms with Crippen molar-refractivity contribution >= 4 is 22.9 Å². The normalized spacial score (nSPS) is 12.1. The fourth-order valence-electron chi connectivity index (χ4n) is 1.74. The molecule has 0 aliphatic rings. The van der Waals surface area contributed by atoms with E-state index in [1.807, 2.05) is 24.3 Å². The highest BCUT2D eigenvalue weighted by atomic mass is 16.5. The second kappa shape index (κ2) is 5.51. The van der Waals surface area contributed by atoms with Crippen LogP contribution in [0.3, 0.4) is 0 Å². The highest BCUT2D eigenvalue weighted by molar-refractivity contribution is 5.94. The number of carbonyl (C=O) groups excluding carboxylic acids is 2. The number of fused-ring (bicyclic) bond motifs is 1. The number of benzene rings is 1. The number of esters is 1. The van der Waals surface area contributed by atoms with Crippen LogP contribution in [0.1, 0.15) is 24.0 Å². The number of amides is 1. The summed E-state index contributed by atoms with van der Waals surface area (Å²) >= 11 is 0. The predicted molar refractivity (Wildman–Crippen MR) is 69.7 cm³/mol. The van der Waals surface area contributed by atoms with E-state index in [1.54, 1.807) is 6.92 Å². The Morgan fingerprint density at radius 2 is 2.16 bits per heavy atom. The minimum atomic E-state index is -0.364. The first-order valence-electron chi connectivity index (χ1n) is 5.92. The van der Waals surface area contributed by atoms with E-state index in [0.717, 1.165) is 11.0 Å². The van der Waals surface area contributed by atoms with Gasteiger partial charge in [0.25, 0.3) is 5.91 Å². The Balaban J connectivity index is 2.05. The maximum absolute atomic E-state index is 11.9. The molecule has 1 aromatic carbocycles. The van der Waals surface area contributed by atoms with Crippen molar-refractivity contribution in [2.75, 3.05) is 7.11 Å². The third-order valence-electron chi connectivity index (χ3n) is 2.68. The summed E-state index contributed by atoms with van der Waals surface area (Å²) in [6.07, 6.45) is 0.127. The van der Waals surface area contributed by atoms with Crippen LogP contribution < -0.4 is 5.32 Å². The molecule has 6 heteroatoms. The lowest BCUT2D eigenvalue weighted by Crippen LogP contribution is -2.35. The summed E-state index contributed by atoms with van der Waals surface area (Å²) in [5.41, 5.74) is 1.53. The number of methoxy groups -OCH3 is 1. The van der Waals surface area contributed by atoms with Crippen molar-refractivity contribution in [3.8, 4) is 0 Å². The first-order chi connectivity index (χ1) is 9.10. The molecule has 0 saturated heterocycles. The zero-order chi connectivity index (χ0) is 13.8. The van der Waals surface area contributed by atoms with Crippen molar-refractivity contribution in [3.63, 3.8) is 0 Å². The summed E-state index contributed by atoms with van der Waals surface area (Å²) in [6.45, 7) is 1.73. The molecule has 0 spiro atoms. The number of nitrogens with one attached hydrogen (secondary N) is 2. The molecule has 0 radical (unpaired) electrons. The molecule has 0 aliphatic heterocycles. The van der Waals surface area contributed by atoms with Crippen molar-refractivity contribution in [1.82, 2.24) is 15.3 Å². The molecular weight excluding hydrogens is 246 g/mol. The van der Waals surface area contributed by atoms with E-state index >= 15 is 0 Å². The van der Waals surface area contributed by atoms with Gasteiger partial charge in [-0.1, -0.05) is 12.1 Å². The summed E-state index contributed by atoms with van der Waals surface area (Å²) in [5.74, 6) is -0.470. The number of aromatic amines is 1. The minimum Gasteiger partial charge on any atom is -0.469 e. The van der Waals surface area contributed by atoms with E-state index in [2.05, 4.69) is 20.0 Å². The van der Waals surface area contributed by atoms with Crippen LogP contribution in [-0.4, -0.2) is 35.0 Å². The van der Waals surface area contributed by atoms with Crippen LogP contribution in [0.5, 0.6) is 0 Å². The van der Waals surface area contributed by atoms with Gasteiger partial charge < -0.3 is 15.0 Å². The molecule has 2 aromatic rings. The Bertz CT molecular complexity index is 573. The number of carbonyl (C=O) groups is 2. The highest BCUT2D eigenvalue weighted by Crippen LogP contribution is 2.10. The van der Waals surface area contributed by atoms with E-state index in [-0.39, 0.29) is 30.2 Å². The molecule has 0 bridgehead atoms. The average molecular weight is 261 g/mol. The lowest BCUT2D eigenvalue weighted by atomic mass is 10.2.